The Labute approximate surface area is 97.6 Å². The molecule has 0 aliphatic heterocycles. The molecular formula is C11H14BrNO2. The first kappa shape index (κ1) is 12.0. The first-order valence-electron chi connectivity index (χ1n) is 4.62. The van der Waals surface area contributed by atoms with Crippen molar-refractivity contribution in [1.82, 2.24) is 5.32 Å². The third kappa shape index (κ3) is 3.55. The molecule has 0 fully saturated rings. The van der Waals surface area contributed by atoms with Gasteiger partial charge < -0.3 is 10.4 Å². The van der Waals surface area contributed by atoms with E-state index in [-0.39, 0.29) is 17.2 Å². The third-order valence-corrected chi connectivity index (χ3v) is 3.30. The van der Waals surface area contributed by atoms with Crippen molar-refractivity contribution in [2.75, 3.05) is 5.33 Å². The smallest absolute Gasteiger partial charge is 0.251 e. The van der Waals surface area contributed by atoms with Crippen LogP contribution in [0.1, 0.15) is 24.2 Å². The molecule has 1 rings (SSSR count). The molecule has 1 aromatic rings. The van der Waals surface area contributed by atoms with Gasteiger partial charge >= 0.3 is 0 Å². The van der Waals surface area contributed by atoms with E-state index in [1.54, 1.807) is 12.1 Å². The Hall–Kier alpha value is -1.03. The zero-order chi connectivity index (χ0) is 11.5. The van der Waals surface area contributed by atoms with Crippen molar-refractivity contribution in [3.05, 3.63) is 29.8 Å². The average Bonchev–Trinajstić information content (AvgIpc) is 2.17. The van der Waals surface area contributed by atoms with Crippen molar-refractivity contribution in [2.24, 2.45) is 0 Å². The quantitative estimate of drug-likeness (QED) is 0.829. The molecule has 0 saturated carbocycles. The van der Waals surface area contributed by atoms with Crippen LogP contribution in [0.3, 0.4) is 0 Å². The van der Waals surface area contributed by atoms with Crippen LogP contribution in [0.2, 0.25) is 0 Å². The van der Waals surface area contributed by atoms with Crippen LogP contribution in [0.15, 0.2) is 24.3 Å². The number of hydrogen-bond acceptors (Lipinski definition) is 2. The van der Waals surface area contributed by atoms with Gasteiger partial charge in [0.25, 0.3) is 5.91 Å². The molecule has 0 aliphatic rings. The summed E-state index contributed by atoms with van der Waals surface area (Å²) < 4.78 is 0. The van der Waals surface area contributed by atoms with E-state index in [1.165, 1.54) is 12.1 Å². The number of halogens is 1. The number of benzene rings is 1. The van der Waals surface area contributed by atoms with Crippen LogP contribution in [0.4, 0.5) is 0 Å². The fourth-order valence-electron chi connectivity index (χ4n) is 1.06. The lowest BCUT2D eigenvalue weighted by atomic mass is 10.1. The van der Waals surface area contributed by atoms with Gasteiger partial charge in [0.2, 0.25) is 0 Å². The number of rotatable bonds is 3. The maximum absolute atomic E-state index is 11.7. The normalized spacial score (nSPS) is 11.1. The van der Waals surface area contributed by atoms with E-state index < -0.39 is 0 Å². The van der Waals surface area contributed by atoms with E-state index in [0.717, 1.165) is 0 Å². The van der Waals surface area contributed by atoms with Gasteiger partial charge in [-0.2, -0.15) is 0 Å². The molecule has 2 N–H and O–H groups in total. The molecule has 0 unspecified atom stereocenters. The summed E-state index contributed by atoms with van der Waals surface area (Å²) in [5.41, 5.74) is 0.159. The first-order chi connectivity index (χ1) is 6.94. The third-order valence-electron chi connectivity index (χ3n) is 1.89. The summed E-state index contributed by atoms with van der Waals surface area (Å²) in [7, 11) is 0. The first-order valence-corrected chi connectivity index (χ1v) is 5.74. The van der Waals surface area contributed by atoms with Gasteiger partial charge in [-0.3, -0.25) is 4.79 Å². The standard InChI is InChI=1S/C11H14BrNO2/c1-11(2,7-12)13-10(15)8-4-3-5-9(14)6-8/h3-6,14H,7H2,1-2H3,(H,13,15). The van der Waals surface area contributed by atoms with Crippen LogP contribution >= 0.6 is 15.9 Å². The summed E-state index contributed by atoms with van der Waals surface area (Å²) in [5.74, 6) is -0.0883. The molecule has 0 heterocycles. The minimum absolute atomic E-state index is 0.0966. The van der Waals surface area contributed by atoms with Gasteiger partial charge in [-0.05, 0) is 32.0 Å². The summed E-state index contributed by atoms with van der Waals surface area (Å²) in [6.45, 7) is 3.84. The fraction of sp³-hybridized carbons (Fsp3) is 0.364. The van der Waals surface area contributed by atoms with E-state index >= 15 is 0 Å². The van der Waals surface area contributed by atoms with Gasteiger partial charge in [-0.15, -0.1) is 0 Å². The van der Waals surface area contributed by atoms with Gasteiger partial charge in [0.15, 0.2) is 0 Å². The molecule has 4 heteroatoms. The van der Waals surface area contributed by atoms with E-state index in [2.05, 4.69) is 21.2 Å². The Kier molecular flexibility index (Phi) is 3.74. The Bertz CT molecular complexity index is 363. The number of phenolic OH excluding ortho intramolecular Hbond substituents is 1. The maximum Gasteiger partial charge on any atom is 0.251 e. The molecule has 0 bridgehead atoms. The maximum atomic E-state index is 11.7. The second kappa shape index (κ2) is 4.66. The molecular weight excluding hydrogens is 258 g/mol. The van der Waals surface area contributed by atoms with Crippen molar-refractivity contribution >= 4 is 21.8 Å². The minimum Gasteiger partial charge on any atom is -0.508 e. The summed E-state index contributed by atoms with van der Waals surface area (Å²) in [6.07, 6.45) is 0. The number of carbonyl (C=O) groups is 1. The Morgan fingerprint density at radius 3 is 2.73 bits per heavy atom. The summed E-state index contributed by atoms with van der Waals surface area (Å²) >= 11 is 3.32. The van der Waals surface area contributed by atoms with Gasteiger partial charge in [0.1, 0.15) is 5.75 Å². The predicted octanol–water partition coefficient (Wildman–Crippen LogP) is 2.30. The highest BCUT2D eigenvalue weighted by molar-refractivity contribution is 9.09. The molecule has 0 aromatic heterocycles. The molecule has 15 heavy (non-hydrogen) atoms. The molecule has 3 nitrogen and oxygen atoms in total. The molecule has 0 atom stereocenters. The van der Waals surface area contributed by atoms with Crippen LogP contribution in [0.25, 0.3) is 0 Å². The molecule has 0 radical (unpaired) electrons. The Morgan fingerprint density at radius 2 is 2.20 bits per heavy atom. The average molecular weight is 272 g/mol. The Balaban J connectivity index is 2.78. The topological polar surface area (TPSA) is 49.3 Å². The van der Waals surface area contributed by atoms with E-state index in [0.29, 0.717) is 10.9 Å². The fourth-order valence-corrected chi connectivity index (χ4v) is 1.20. The van der Waals surface area contributed by atoms with E-state index in [4.69, 9.17) is 0 Å². The number of amides is 1. The second-order valence-electron chi connectivity index (χ2n) is 4.02. The number of aromatic hydroxyl groups is 1. The summed E-state index contributed by atoms with van der Waals surface area (Å²) in [4.78, 5) is 11.7. The highest BCUT2D eigenvalue weighted by atomic mass is 79.9. The highest BCUT2D eigenvalue weighted by Gasteiger charge is 2.19. The van der Waals surface area contributed by atoms with Gasteiger partial charge in [0.05, 0.1) is 0 Å². The summed E-state index contributed by atoms with van der Waals surface area (Å²) in [5, 5.41) is 12.8. The van der Waals surface area contributed by atoms with Crippen LogP contribution in [0, 0.1) is 0 Å². The minimum atomic E-state index is -0.303. The van der Waals surface area contributed by atoms with E-state index in [1.807, 2.05) is 13.8 Å². The van der Waals surface area contributed by atoms with Gasteiger partial charge in [0, 0.05) is 16.4 Å². The lowest BCUT2D eigenvalue weighted by Gasteiger charge is -2.23. The molecule has 0 spiro atoms. The van der Waals surface area contributed by atoms with Crippen LogP contribution in [-0.2, 0) is 0 Å². The molecule has 82 valence electrons. The van der Waals surface area contributed by atoms with Crippen molar-refractivity contribution in [2.45, 2.75) is 19.4 Å². The van der Waals surface area contributed by atoms with Gasteiger partial charge in [-0.25, -0.2) is 0 Å². The zero-order valence-corrected chi connectivity index (χ0v) is 10.3. The SMILES string of the molecule is CC(C)(CBr)NC(=O)c1cccc(O)c1. The van der Waals surface area contributed by atoms with Crippen LogP contribution < -0.4 is 5.32 Å². The number of phenols is 1. The lowest BCUT2D eigenvalue weighted by molar-refractivity contribution is 0.0921. The Morgan fingerprint density at radius 1 is 1.53 bits per heavy atom. The molecule has 1 amide bonds. The largest absolute Gasteiger partial charge is 0.508 e. The van der Waals surface area contributed by atoms with Crippen LogP contribution in [0.5, 0.6) is 5.75 Å². The lowest BCUT2D eigenvalue weighted by Crippen LogP contribution is -2.44. The number of carbonyl (C=O) groups excluding carboxylic acids is 1. The predicted molar refractivity (Wildman–Crippen MR) is 63.4 cm³/mol. The van der Waals surface area contributed by atoms with E-state index in [9.17, 15) is 9.90 Å². The van der Waals surface area contributed by atoms with Gasteiger partial charge in [-0.1, -0.05) is 22.0 Å². The van der Waals surface area contributed by atoms with Crippen molar-refractivity contribution in [1.29, 1.82) is 0 Å². The number of hydrogen-bond donors (Lipinski definition) is 2. The zero-order valence-electron chi connectivity index (χ0n) is 8.75. The second-order valence-corrected chi connectivity index (χ2v) is 4.58. The monoisotopic (exact) mass is 271 g/mol. The molecule has 0 aliphatic carbocycles. The van der Waals surface area contributed by atoms with Crippen molar-refractivity contribution in [3.8, 4) is 5.75 Å². The summed E-state index contributed by atoms with van der Waals surface area (Å²) in [6, 6.07) is 6.29. The number of alkyl halides is 1. The number of nitrogens with one attached hydrogen (secondary N) is 1. The van der Waals surface area contributed by atoms with Crippen molar-refractivity contribution < 1.29 is 9.90 Å². The van der Waals surface area contributed by atoms with Crippen LogP contribution in [-0.4, -0.2) is 21.9 Å². The molecule has 1 aromatic carbocycles. The van der Waals surface area contributed by atoms with Crippen molar-refractivity contribution in [3.63, 3.8) is 0 Å². The molecule has 0 saturated heterocycles. The highest BCUT2D eigenvalue weighted by Crippen LogP contribution is 2.13.